The van der Waals surface area contributed by atoms with Crippen LogP contribution < -0.4 is 5.32 Å². The minimum absolute atomic E-state index is 0.0389. The molecule has 0 saturated heterocycles. The number of nitrogens with one attached hydrogen (secondary N) is 2. The number of aromatic nitrogens is 2. The largest absolute Gasteiger partial charge is 0.349 e. The van der Waals surface area contributed by atoms with E-state index in [1.54, 1.807) is 6.20 Å². The van der Waals surface area contributed by atoms with Crippen LogP contribution in [-0.2, 0) is 4.79 Å². The number of rotatable bonds is 3. The summed E-state index contributed by atoms with van der Waals surface area (Å²) in [6.45, 7) is 4.46. The molecular formula is C17H25N3O. The third kappa shape index (κ3) is 2.11. The molecular weight excluding hydrogens is 262 g/mol. The first kappa shape index (κ1) is 13.4. The number of carbonyl (C=O) groups is 1. The number of aromatic amines is 1. The van der Waals surface area contributed by atoms with Gasteiger partial charge in [-0.1, -0.05) is 6.92 Å². The fraction of sp³-hybridized carbons (Fsp3) is 0.765. The number of carbonyl (C=O) groups excluding carboxylic acids is 1. The number of nitrogens with zero attached hydrogens (tertiary/aromatic N) is 1. The highest BCUT2D eigenvalue weighted by atomic mass is 16.2. The van der Waals surface area contributed by atoms with Crippen molar-refractivity contribution in [1.82, 2.24) is 15.5 Å². The Morgan fingerprint density at radius 1 is 1.38 bits per heavy atom. The normalized spacial score (nSPS) is 42.0. The SMILES string of the molecule is CC(NC(=O)C12CC3CC(CC(C)(C3)C1)C2)c1cn[nH]c1. The molecule has 4 saturated carbocycles. The Balaban J connectivity index is 1.54. The van der Waals surface area contributed by atoms with Crippen LogP contribution in [0.2, 0.25) is 0 Å². The van der Waals surface area contributed by atoms with Crippen LogP contribution in [0.1, 0.15) is 64.0 Å². The van der Waals surface area contributed by atoms with Gasteiger partial charge in [0.25, 0.3) is 0 Å². The highest BCUT2D eigenvalue weighted by Crippen LogP contribution is 2.65. The average molecular weight is 287 g/mol. The number of H-pyrrole nitrogens is 1. The van der Waals surface area contributed by atoms with Crippen molar-refractivity contribution in [3.63, 3.8) is 0 Å². The van der Waals surface area contributed by atoms with E-state index in [0.29, 0.717) is 5.41 Å². The molecule has 4 heteroatoms. The van der Waals surface area contributed by atoms with Gasteiger partial charge in [-0.3, -0.25) is 9.89 Å². The zero-order chi connectivity index (χ0) is 14.7. The second-order valence-corrected chi connectivity index (χ2v) is 8.28. The predicted octanol–water partition coefficient (Wildman–Crippen LogP) is 3.19. The van der Waals surface area contributed by atoms with Gasteiger partial charge in [-0.25, -0.2) is 0 Å². The van der Waals surface area contributed by atoms with Crippen molar-refractivity contribution in [3.8, 4) is 0 Å². The molecule has 0 aliphatic heterocycles. The van der Waals surface area contributed by atoms with Crippen molar-refractivity contribution in [2.24, 2.45) is 22.7 Å². The maximum absolute atomic E-state index is 13.0. The molecule has 4 bridgehead atoms. The minimum Gasteiger partial charge on any atom is -0.349 e. The van der Waals surface area contributed by atoms with Crippen LogP contribution in [0.3, 0.4) is 0 Å². The molecule has 4 fully saturated rings. The first-order valence-corrected chi connectivity index (χ1v) is 8.28. The Morgan fingerprint density at radius 3 is 2.67 bits per heavy atom. The second-order valence-electron chi connectivity index (χ2n) is 8.28. The molecule has 1 aromatic rings. The minimum atomic E-state index is -0.0865. The van der Waals surface area contributed by atoms with E-state index >= 15 is 0 Å². The van der Waals surface area contributed by atoms with Crippen LogP contribution in [0.25, 0.3) is 0 Å². The van der Waals surface area contributed by atoms with Gasteiger partial charge in [0.2, 0.25) is 5.91 Å². The lowest BCUT2D eigenvalue weighted by atomic mass is 9.44. The summed E-state index contributed by atoms with van der Waals surface area (Å²) in [5.41, 5.74) is 1.39. The monoisotopic (exact) mass is 287 g/mol. The summed E-state index contributed by atoms with van der Waals surface area (Å²) in [6.07, 6.45) is 11.0. The molecule has 3 unspecified atom stereocenters. The van der Waals surface area contributed by atoms with Crippen LogP contribution in [0.4, 0.5) is 0 Å². The Morgan fingerprint density at radius 2 is 2.10 bits per heavy atom. The lowest BCUT2D eigenvalue weighted by Crippen LogP contribution is -2.56. The van der Waals surface area contributed by atoms with E-state index in [4.69, 9.17) is 0 Å². The van der Waals surface area contributed by atoms with E-state index < -0.39 is 0 Å². The van der Waals surface area contributed by atoms with Gasteiger partial charge in [0.15, 0.2) is 0 Å². The maximum atomic E-state index is 13.0. The van der Waals surface area contributed by atoms with Gasteiger partial charge in [0, 0.05) is 11.8 Å². The van der Waals surface area contributed by atoms with Crippen LogP contribution in [0.5, 0.6) is 0 Å². The van der Waals surface area contributed by atoms with Crippen molar-refractivity contribution < 1.29 is 4.79 Å². The molecule has 4 aliphatic rings. The summed E-state index contributed by atoms with van der Waals surface area (Å²) in [7, 11) is 0. The smallest absolute Gasteiger partial charge is 0.226 e. The van der Waals surface area contributed by atoms with Crippen LogP contribution in [0.15, 0.2) is 12.4 Å². The zero-order valence-corrected chi connectivity index (χ0v) is 13.0. The third-order valence-electron chi connectivity index (χ3n) is 6.20. The van der Waals surface area contributed by atoms with Crippen molar-refractivity contribution in [2.75, 3.05) is 0 Å². The Bertz CT molecular complexity index is 536. The first-order valence-electron chi connectivity index (χ1n) is 8.28. The molecule has 4 nitrogen and oxygen atoms in total. The summed E-state index contributed by atoms with van der Waals surface area (Å²) in [5.74, 6) is 1.86. The molecule has 21 heavy (non-hydrogen) atoms. The van der Waals surface area contributed by atoms with Crippen molar-refractivity contribution >= 4 is 5.91 Å². The second kappa shape index (κ2) is 4.34. The average Bonchev–Trinajstić information content (AvgIpc) is 2.89. The topological polar surface area (TPSA) is 57.8 Å². The van der Waals surface area contributed by atoms with E-state index in [1.165, 1.54) is 19.3 Å². The fourth-order valence-electron chi connectivity index (χ4n) is 5.92. The van der Waals surface area contributed by atoms with Gasteiger partial charge >= 0.3 is 0 Å². The van der Waals surface area contributed by atoms with Crippen LogP contribution >= 0.6 is 0 Å². The van der Waals surface area contributed by atoms with Crippen molar-refractivity contribution in [1.29, 1.82) is 0 Å². The highest BCUT2D eigenvalue weighted by Gasteiger charge is 2.58. The molecule has 2 N–H and O–H groups in total. The van der Waals surface area contributed by atoms with Gasteiger partial charge in [-0.15, -0.1) is 0 Å². The quantitative estimate of drug-likeness (QED) is 0.897. The van der Waals surface area contributed by atoms with E-state index in [9.17, 15) is 4.79 Å². The zero-order valence-electron chi connectivity index (χ0n) is 13.0. The summed E-state index contributed by atoms with van der Waals surface area (Å²) in [4.78, 5) is 13.0. The molecule has 4 aliphatic carbocycles. The van der Waals surface area contributed by atoms with Crippen LogP contribution in [0, 0.1) is 22.7 Å². The lowest BCUT2D eigenvalue weighted by molar-refractivity contribution is -0.156. The molecule has 5 rings (SSSR count). The molecule has 0 aromatic carbocycles. The first-order chi connectivity index (χ1) is 9.98. The number of hydrogen-bond donors (Lipinski definition) is 2. The highest BCUT2D eigenvalue weighted by molar-refractivity contribution is 5.83. The molecule has 0 radical (unpaired) electrons. The summed E-state index contributed by atoms with van der Waals surface area (Å²) in [6, 6.07) is 0.0389. The summed E-state index contributed by atoms with van der Waals surface area (Å²) in [5, 5.41) is 10.1. The van der Waals surface area contributed by atoms with Gasteiger partial charge in [0.05, 0.1) is 17.7 Å². The molecule has 1 amide bonds. The number of amides is 1. The molecule has 0 spiro atoms. The molecule has 1 aromatic heterocycles. The Kier molecular flexibility index (Phi) is 2.76. The maximum Gasteiger partial charge on any atom is 0.226 e. The van der Waals surface area contributed by atoms with Gasteiger partial charge in [0.1, 0.15) is 0 Å². The van der Waals surface area contributed by atoms with Gasteiger partial charge < -0.3 is 5.32 Å². The molecule has 1 heterocycles. The summed E-state index contributed by atoms with van der Waals surface area (Å²) < 4.78 is 0. The molecule has 3 atom stereocenters. The lowest BCUT2D eigenvalue weighted by Gasteiger charge is -2.60. The van der Waals surface area contributed by atoms with Crippen molar-refractivity contribution in [2.45, 2.75) is 58.4 Å². The standard InChI is InChI=1S/C17H25N3O/c1-11(14-8-18-19-9-14)20-15(21)17-6-12-3-13(7-17)5-16(2,4-12)10-17/h8-9,11-13H,3-7,10H2,1-2H3,(H,18,19)(H,20,21). The Hall–Kier alpha value is -1.32. The van der Waals surface area contributed by atoms with Crippen LogP contribution in [-0.4, -0.2) is 16.1 Å². The van der Waals surface area contributed by atoms with E-state index in [1.807, 2.05) is 13.1 Å². The number of hydrogen-bond acceptors (Lipinski definition) is 2. The Labute approximate surface area is 126 Å². The summed E-state index contributed by atoms with van der Waals surface area (Å²) >= 11 is 0. The van der Waals surface area contributed by atoms with Gasteiger partial charge in [-0.2, -0.15) is 5.10 Å². The van der Waals surface area contributed by atoms with E-state index in [0.717, 1.165) is 36.7 Å². The molecule has 114 valence electrons. The van der Waals surface area contributed by atoms with Crippen molar-refractivity contribution in [3.05, 3.63) is 18.0 Å². The fourth-order valence-corrected chi connectivity index (χ4v) is 5.92. The predicted molar refractivity (Wildman–Crippen MR) is 80.4 cm³/mol. The van der Waals surface area contributed by atoms with Gasteiger partial charge in [-0.05, 0) is 62.7 Å². The van der Waals surface area contributed by atoms with E-state index in [2.05, 4.69) is 22.4 Å². The third-order valence-corrected chi connectivity index (χ3v) is 6.20. The van der Waals surface area contributed by atoms with E-state index in [-0.39, 0.29) is 17.4 Å².